The molecule has 1 atom stereocenters. The van der Waals surface area contributed by atoms with Crippen molar-refractivity contribution >= 4 is 17.6 Å². The highest BCUT2D eigenvalue weighted by Gasteiger charge is 2.16. The van der Waals surface area contributed by atoms with E-state index in [1.165, 1.54) is 0 Å². The summed E-state index contributed by atoms with van der Waals surface area (Å²) in [6.45, 7) is 4.12. The van der Waals surface area contributed by atoms with E-state index in [0.29, 0.717) is 17.3 Å². The van der Waals surface area contributed by atoms with Crippen molar-refractivity contribution in [3.63, 3.8) is 0 Å². The molecule has 84 valence electrons. The maximum atomic E-state index is 11.2. The average molecular weight is 232 g/mol. The topological polar surface area (TPSA) is 70.1 Å². The van der Waals surface area contributed by atoms with Gasteiger partial charge in [-0.05, 0) is 13.8 Å². The van der Waals surface area contributed by atoms with Gasteiger partial charge < -0.3 is 10.5 Å². The first kappa shape index (κ1) is 12.0. The van der Waals surface area contributed by atoms with Gasteiger partial charge in [0.2, 0.25) is 0 Å². The van der Waals surface area contributed by atoms with E-state index in [-0.39, 0.29) is 6.54 Å². The van der Waals surface area contributed by atoms with E-state index in [1.807, 2.05) is 0 Å². The molecule has 1 rings (SSSR count). The third-order valence-corrected chi connectivity index (χ3v) is 2.23. The van der Waals surface area contributed by atoms with E-state index in [2.05, 4.69) is 5.10 Å². The van der Waals surface area contributed by atoms with Crippen LogP contribution in [-0.4, -0.2) is 28.4 Å². The van der Waals surface area contributed by atoms with Crippen molar-refractivity contribution < 1.29 is 9.53 Å². The monoisotopic (exact) mass is 231 g/mol. The first-order chi connectivity index (χ1) is 7.04. The number of hydrogen-bond acceptors (Lipinski definition) is 4. The molecule has 1 heterocycles. The van der Waals surface area contributed by atoms with Crippen LogP contribution in [0, 0.1) is 6.92 Å². The van der Waals surface area contributed by atoms with Gasteiger partial charge in [0.25, 0.3) is 0 Å². The van der Waals surface area contributed by atoms with Crippen molar-refractivity contribution in [1.82, 2.24) is 9.78 Å². The van der Waals surface area contributed by atoms with Crippen LogP contribution in [0.1, 0.15) is 12.6 Å². The molecule has 0 aromatic carbocycles. The van der Waals surface area contributed by atoms with Crippen LogP contribution in [0.5, 0.6) is 0 Å². The highest BCUT2D eigenvalue weighted by molar-refractivity contribution is 6.31. The molecule has 0 aliphatic carbocycles. The minimum atomic E-state index is -0.708. The van der Waals surface area contributed by atoms with E-state index in [4.69, 9.17) is 22.1 Å². The molecule has 1 unspecified atom stereocenters. The van der Waals surface area contributed by atoms with E-state index in [0.717, 1.165) is 0 Å². The Morgan fingerprint density at radius 1 is 1.80 bits per heavy atom. The Labute approximate surface area is 93.1 Å². The van der Waals surface area contributed by atoms with Crippen molar-refractivity contribution in [1.29, 1.82) is 0 Å². The molecule has 1 aromatic heterocycles. The molecule has 2 N–H and O–H groups in total. The quantitative estimate of drug-likeness (QED) is 0.776. The molecule has 0 bridgehead atoms. The Hall–Kier alpha value is -1.07. The lowest BCUT2D eigenvalue weighted by atomic mass is 10.3. The summed E-state index contributed by atoms with van der Waals surface area (Å²) in [6, 6.07) is -0.708. The van der Waals surface area contributed by atoms with Gasteiger partial charge in [-0.1, -0.05) is 11.6 Å². The lowest BCUT2D eigenvalue weighted by molar-refractivity contribution is -0.145. The molecule has 0 amide bonds. The zero-order chi connectivity index (χ0) is 11.4. The molecule has 0 aliphatic rings. The number of rotatable bonds is 4. The fourth-order valence-electron chi connectivity index (χ4n) is 1.11. The van der Waals surface area contributed by atoms with Crippen molar-refractivity contribution in [2.75, 3.05) is 6.61 Å². The lowest BCUT2D eigenvalue weighted by Crippen LogP contribution is -2.36. The molecule has 0 fully saturated rings. The van der Waals surface area contributed by atoms with E-state index < -0.39 is 12.0 Å². The molecular formula is C9H14ClN3O2. The minimum absolute atomic E-state index is 0.270. The van der Waals surface area contributed by atoms with E-state index in [1.54, 1.807) is 24.7 Å². The Morgan fingerprint density at radius 2 is 2.47 bits per heavy atom. The summed E-state index contributed by atoms with van der Waals surface area (Å²) in [5, 5.41) is 4.65. The standard InChI is InChI=1S/C9H14ClN3O2/c1-3-15-9(14)8(11)5-13-4-7(10)6(2)12-13/h4,8H,3,5,11H2,1-2H3. The summed E-state index contributed by atoms with van der Waals surface area (Å²) in [5.41, 5.74) is 6.33. The van der Waals surface area contributed by atoms with Crippen LogP contribution in [0.2, 0.25) is 5.02 Å². The molecule has 0 spiro atoms. The molecule has 5 nitrogen and oxygen atoms in total. The number of ether oxygens (including phenoxy) is 1. The maximum Gasteiger partial charge on any atom is 0.324 e. The van der Waals surface area contributed by atoms with Crippen LogP contribution in [-0.2, 0) is 16.1 Å². The SMILES string of the molecule is CCOC(=O)C(N)Cn1cc(Cl)c(C)n1. The first-order valence-electron chi connectivity index (χ1n) is 4.66. The Kier molecular flexibility index (Phi) is 4.11. The highest BCUT2D eigenvalue weighted by atomic mass is 35.5. The number of nitrogens with two attached hydrogens (primary N) is 1. The normalized spacial score (nSPS) is 12.5. The van der Waals surface area contributed by atoms with Gasteiger partial charge in [0.15, 0.2) is 0 Å². The second-order valence-electron chi connectivity index (χ2n) is 3.14. The Bertz CT molecular complexity index is 332. The van der Waals surface area contributed by atoms with Crippen molar-refractivity contribution in [2.24, 2.45) is 5.73 Å². The molecular weight excluding hydrogens is 218 g/mol. The number of aryl methyl sites for hydroxylation is 1. The van der Waals surface area contributed by atoms with Gasteiger partial charge in [-0.3, -0.25) is 9.48 Å². The number of esters is 1. The number of carbonyl (C=O) groups is 1. The first-order valence-corrected chi connectivity index (χ1v) is 5.04. The number of hydrogen-bond donors (Lipinski definition) is 1. The lowest BCUT2D eigenvalue weighted by Gasteiger charge is -2.09. The van der Waals surface area contributed by atoms with Crippen LogP contribution in [0.3, 0.4) is 0 Å². The largest absolute Gasteiger partial charge is 0.465 e. The van der Waals surface area contributed by atoms with Gasteiger partial charge in [-0.25, -0.2) is 0 Å². The van der Waals surface area contributed by atoms with Gasteiger partial charge in [0.1, 0.15) is 6.04 Å². The summed E-state index contributed by atoms with van der Waals surface area (Å²) in [6.07, 6.45) is 1.63. The molecule has 1 aromatic rings. The van der Waals surface area contributed by atoms with Gasteiger partial charge in [0.05, 0.1) is 23.9 Å². The van der Waals surface area contributed by atoms with Gasteiger partial charge in [-0.15, -0.1) is 0 Å². The number of halogens is 1. The van der Waals surface area contributed by atoms with Crippen LogP contribution in [0.25, 0.3) is 0 Å². The fraction of sp³-hybridized carbons (Fsp3) is 0.556. The summed E-state index contributed by atoms with van der Waals surface area (Å²) in [7, 11) is 0. The fourth-order valence-corrected chi connectivity index (χ4v) is 1.26. The zero-order valence-corrected chi connectivity index (χ0v) is 9.49. The smallest absolute Gasteiger partial charge is 0.324 e. The molecule has 6 heteroatoms. The zero-order valence-electron chi connectivity index (χ0n) is 8.74. The van der Waals surface area contributed by atoms with Crippen molar-refractivity contribution in [3.8, 4) is 0 Å². The number of nitrogens with zero attached hydrogens (tertiary/aromatic N) is 2. The highest BCUT2D eigenvalue weighted by Crippen LogP contribution is 2.12. The second-order valence-corrected chi connectivity index (χ2v) is 3.55. The molecule has 15 heavy (non-hydrogen) atoms. The van der Waals surface area contributed by atoms with Gasteiger partial charge >= 0.3 is 5.97 Å². The predicted molar refractivity (Wildman–Crippen MR) is 56.6 cm³/mol. The van der Waals surface area contributed by atoms with Crippen LogP contribution >= 0.6 is 11.6 Å². The van der Waals surface area contributed by atoms with E-state index in [9.17, 15) is 4.79 Å². The van der Waals surface area contributed by atoms with E-state index >= 15 is 0 Å². The third kappa shape index (κ3) is 3.21. The molecule has 0 radical (unpaired) electrons. The van der Waals surface area contributed by atoms with Crippen LogP contribution in [0.15, 0.2) is 6.20 Å². The second kappa shape index (κ2) is 5.14. The maximum absolute atomic E-state index is 11.2. The Morgan fingerprint density at radius 3 is 2.93 bits per heavy atom. The molecule has 0 aliphatic heterocycles. The van der Waals surface area contributed by atoms with Crippen molar-refractivity contribution in [3.05, 3.63) is 16.9 Å². The number of carbonyl (C=O) groups excluding carboxylic acids is 1. The van der Waals surface area contributed by atoms with Gasteiger partial charge in [0, 0.05) is 6.20 Å². The Balaban J connectivity index is 2.58. The predicted octanol–water partition coefficient (Wildman–Crippen LogP) is 0.735. The molecule has 0 saturated carbocycles. The summed E-state index contributed by atoms with van der Waals surface area (Å²) in [5.74, 6) is -0.429. The summed E-state index contributed by atoms with van der Waals surface area (Å²) >= 11 is 5.81. The van der Waals surface area contributed by atoms with Gasteiger partial charge in [-0.2, -0.15) is 5.10 Å². The number of aromatic nitrogens is 2. The average Bonchev–Trinajstić information content (AvgIpc) is 2.46. The third-order valence-electron chi connectivity index (χ3n) is 1.86. The summed E-state index contributed by atoms with van der Waals surface area (Å²) in [4.78, 5) is 11.2. The molecule has 0 saturated heterocycles. The van der Waals surface area contributed by atoms with Crippen molar-refractivity contribution in [2.45, 2.75) is 26.4 Å². The summed E-state index contributed by atoms with van der Waals surface area (Å²) < 4.78 is 6.32. The minimum Gasteiger partial charge on any atom is -0.465 e. The van der Waals surface area contributed by atoms with Crippen LogP contribution in [0.4, 0.5) is 0 Å². The van der Waals surface area contributed by atoms with Crippen LogP contribution < -0.4 is 5.73 Å².